The van der Waals surface area contributed by atoms with Gasteiger partial charge in [-0.05, 0) is 60.8 Å². The van der Waals surface area contributed by atoms with E-state index in [2.05, 4.69) is 14.4 Å². The number of esters is 1. The predicted molar refractivity (Wildman–Crippen MR) is 139 cm³/mol. The van der Waals surface area contributed by atoms with E-state index >= 15 is 0 Å². The first kappa shape index (κ1) is 27.5. The zero-order valence-corrected chi connectivity index (χ0v) is 21.5. The van der Waals surface area contributed by atoms with Crippen molar-refractivity contribution < 1.29 is 14.3 Å². The number of aryl methyl sites for hydroxylation is 1. The Labute approximate surface area is 213 Å². The van der Waals surface area contributed by atoms with Crippen LogP contribution in [0.3, 0.4) is 0 Å². The number of pyridine rings is 1. The highest BCUT2D eigenvalue weighted by Crippen LogP contribution is 2.31. The van der Waals surface area contributed by atoms with Crippen LogP contribution in [0.2, 0.25) is 5.02 Å². The maximum atomic E-state index is 11.1. The van der Waals surface area contributed by atoms with E-state index < -0.39 is 5.97 Å². The van der Waals surface area contributed by atoms with Crippen molar-refractivity contribution in [1.29, 1.82) is 0 Å². The third-order valence-electron chi connectivity index (χ3n) is 4.13. The first-order chi connectivity index (χ1) is 16.3. The molecule has 11 heteroatoms. The molecule has 0 radical (unpaired) electrons. The molecule has 0 aliphatic heterocycles. The van der Waals surface area contributed by atoms with E-state index in [0.717, 1.165) is 26.1 Å². The Morgan fingerprint density at radius 1 is 1.26 bits per heavy atom. The highest BCUT2D eigenvalue weighted by molar-refractivity contribution is 7.99. The molecule has 0 aliphatic carbocycles. The maximum Gasteiger partial charge on any atom is 0.326 e. The molecule has 0 aliphatic rings. The smallest absolute Gasteiger partial charge is 0.326 e. The van der Waals surface area contributed by atoms with Gasteiger partial charge in [-0.3, -0.25) is 14.5 Å². The van der Waals surface area contributed by atoms with Crippen LogP contribution < -0.4 is 21.0 Å². The molecule has 182 valence electrons. The number of methoxy groups -OCH3 is 2. The minimum atomic E-state index is -0.426. The summed E-state index contributed by atoms with van der Waals surface area (Å²) in [5, 5.41) is 1.86. The Morgan fingerprint density at radius 2 is 2.06 bits per heavy atom. The fourth-order valence-electron chi connectivity index (χ4n) is 2.50. The van der Waals surface area contributed by atoms with Gasteiger partial charge in [0.2, 0.25) is 0 Å². The van der Waals surface area contributed by atoms with Crippen LogP contribution in [-0.4, -0.2) is 43.3 Å². The number of rotatable bonds is 9. The van der Waals surface area contributed by atoms with Gasteiger partial charge in [0.15, 0.2) is 0 Å². The van der Waals surface area contributed by atoms with E-state index in [4.69, 9.17) is 27.9 Å². The normalized spacial score (nSPS) is 10.8. The molecule has 3 rings (SSSR count). The number of hydrogen-bond acceptors (Lipinski definition) is 10. The van der Waals surface area contributed by atoms with Gasteiger partial charge in [-0.25, -0.2) is 5.84 Å². The maximum absolute atomic E-state index is 11.1. The average Bonchev–Trinajstić information content (AvgIpc) is 3.29. The van der Waals surface area contributed by atoms with Gasteiger partial charge in [-0.2, -0.15) is 0 Å². The largest absolute Gasteiger partial charge is 0.495 e. The monoisotopic (exact) mass is 521 g/mol. The molecular formula is C23H28ClN5O3S2. The lowest BCUT2D eigenvalue weighted by Gasteiger charge is -2.13. The topological polar surface area (TPSA) is 116 Å². The lowest BCUT2D eigenvalue weighted by Crippen LogP contribution is -2.33. The Bertz CT molecular complexity index is 1080. The highest BCUT2D eigenvalue weighted by Gasteiger charge is 2.06. The van der Waals surface area contributed by atoms with Crippen molar-refractivity contribution in [1.82, 2.24) is 14.7 Å². The lowest BCUT2D eigenvalue weighted by molar-refractivity contribution is -0.141. The number of nitrogens with one attached hydrogen (secondary N) is 1. The molecule has 0 saturated heterocycles. The molecule has 0 amide bonds. The minimum Gasteiger partial charge on any atom is -0.495 e. The molecule has 0 fully saturated rings. The molecule has 0 spiro atoms. The van der Waals surface area contributed by atoms with E-state index in [0.29, 0.717) is 17.3 Å². The third-order valence-corrected chi connectivity index (χ3v) is 6.45. The van der Waals surface area contributed by atoms with Gasteiger partial charge in [0, 0.05) is 24.6 Å². The molecule has 2 heterocycles. The molecule has 34 heavy (non-hydrogen) atoms. The number of nitrogens with zero attached hydrogens (tertiary/aromatic N) is 2. The summed E-state index contributed by atoms with van der Waals surface area (Å²) in [5.74, 6) is 5.94. The fourth-order valence-corrected chi connectivity index (χ4v) is 4.66. The molecule has 0 atom stereocenters. The molecular weight excluding hydrogens is 494 g/mol. The number of carbonyl (C=O) groups excluding carboxylic acids is 1. The Balaban J connectivity index is 0.000000340. The summed E-state index contributed by atoms with van der Waals surface area (Å²) in [6, 6.07) is 15.6. The molecule has 3 aromatic rings. The second-order valence-corrected chi connectivity index (χ2v) is 9.53. The quantitative estimate of drug-likeness (QED) is 0.165. The summed E-state index contributed by atoms with van der Waals surface area (Å²) in [6.45, 7) is 2.37. The number of nitrogens with two attached hydrogens (primary N) is 2. The van der Waals surface area contributed by atoms with Crippen molar-refractivity contribution in [3.8, 4) is 16.3 Å². The van der Waals surface area contributed by atoms with Gasteiger partial charge in [-0.1, -0.05) is 23.7 Å². The van der Waals surface area contributed by atoms with Gasteiger partial charge in [0.05, 0.1) is 34.0 Å². The van der Waals surface area contributed by atoms with E-state index in [-0.39, 0.29) is 6.54 Å². The number of ether oxygens (including phenoxy) is 2. The van der Waals surface area contributed by atoms with Gasteiger partial charge >= 0.3 is 5.97 Å². The summed E-state index contributed by atoms with van der Waals surface area (Å²) in [4.78, 5) is 16.5. The van der Waals surface area contributed by atoms with Crippen LogP contribution in [0.5, 0.6) is 5.75 Å². The van der Waals surface area contributed by atoms with Crippen molar-refractivity contribution >= 4 is 40.9 Å². The number of hydrazine groups is 1. The van der Waals surface area contributed by atoms with Crippen LogP contribution in [0.1, 0.15) is 5.56 Å². The minimum absolute atomic E-state index is 0.0529. The zero-order valence-electron chi connectivity index (χ0n) is 19.2. The van der Waals surface area contributed by atoms with Crippen molar-refractivity contribution in [2.24, 2.45) is 11.6 Å². The molecule has 5 N–H and O–H groups in total. The summed E-state index contributed by atoms with van der Waals surface area (Å²) >= 11 is 8.93. The first-order valence-corrected chi connectivity index (χ1v) is 12.1. The highest BCUT2D eigenvalue weighted by atomic mass is 35.5. The molecule has 8 nitrogen and oxygen atoms in total. The van der Waals surface area contributed by atoms with E-state index in [1.54, 1.807) is 24.6 Å². The van der Waals surface area contributed by atoms with Crippen molar-refractivity contribution in [2.75, 3.05) is 27.3 Å². The van der Waals surface area contributed by atoms with Crippen LogP contribution in [-0.2, 0) is 9.53 Å². The van der Waals surface area contributed by atoms with Crippen molar-refractivity contribution in [3.05, 3.63) is 77.2 Å². The predicted octanol–water partition coefficient (Wildman–Crippen LogP) is 4.21. The summed E-state index contributed by atoms with van der Waals surface area (Å²) < 4.78 is 13.7. The SMILES string of the molecule is COC(=O)CN(N)/C=C(\N)CNSc1ccc(-c2ccccn2)s1.COc1ccc(C)cc1Cl. The van der Waals surface area contributed by atoms with Crippen LogP contribution in [0.4, 0.5) is 0 Å². The molecule has 2 aromatic heterocycles. The molecule has 0 unspecified atom stereocenters. The first-order valence-electron chi connectivity index (χ1n) is 10.1. The Morgan fingerprint density at radius 3 is 2.71 bits per heavy atom. The molecule has 1 aromatic carbocycles. The third kappa shape index (κ3) is 9.62. The number of thiophene rings is 1. The Kier molecular flexibility index (Phi) is 11.7. The average molecular weight is 522 g/mol. The summed E-state index contributed by atoms with van der Waals surface area (Å²) in [7, 11) is 2.91. The van der Waals surface area contributed by atoms with E-state index in [1.807, 2.05) is 55.5 Å². The van der Waals surface area contributed by atoms with Gasteiger partial charge in [0.1, 0.15) is 12.3 Å². The van der Waals surface area contributed by atoms with Crippen LogP contribution >= 0.6 is 34.9 Å². The lowest BCUT2D eigenvalue weighted by atomic mass is 10.2. The zero-order chi connectivity index (χ0) is 24.9. The number of halogens is 1. The molecule has 0 saturated carbocycles. The summed E-state index contributed by atoms with van der Waals surface area (Å²) in [5.41, 5.74) is 8.47. The van der Waals surface area contributed by atoms with Gasteiger partial charge in [0.25, 0.3) is 0 Å². The van der Waals surface area contributed by atoms with E-state index in [9.17, 15) is 4.79 Å². The number of aromatic nitrogens is 1. The number of hydrogen-bond donors (Lipinski definition) is 3. The van der Waals surface area contributed by atoms with Crippen molar-refractivity contribution in [3.63, 3.8) is 0 Å². The van der Waals surface area contributed by atoms with Crippen LogP contribution in [0.15, 0.2) is 70.8 Å². The molecule has 0 bridgehead atoms. The summed E-state index contributed by atoms with van der Waals surface area (Å²) in [6.07, 6.45) is 3.27. The number of carbonyl (C=O) groups is 1. The van der Waals surface area contributed by atoms with Crippen LogP contribution in [0.25, 0.3) is 10.6 Å². The standard InChI is InChI=1S/C15H19N5O2S2.C8H9ClO/c1-22-14(21)10-20(17)9-11(16)8-19-24-15-6-5-13(23-15)12-4-2-3-7-18-12;1-6-3-4-8(10-2)7(9)5-6/h2-7,9,19H,8,10,16-17H2,1H3;3-5H,1-2H3/b11-9-;. The van der Waals surface area contributed by atoms with Crippen LogP contribution in [0, 0.1) is 6.92 Å². The second-order valence-electron chi connectivity index (χ2n) is 6.85. The van der Waals surface area contributed by atoms with Gasteiger partial charge < -0.3 is 20.2 Å². The fraction of sp³-hybridized carbons (Fsp3) is 0.217. The van der Waals surface area contributed by atoms with E-state index in [1.165, 1.54) is 30.3 Å². The van der Waals surface area contributed by atoms with Gasteiger partial charge in [-0.15, -0.1) is 11.3 Å². The van der Waals surface area contributed by atoms with Crippen molar-refractivity contribution in [2.45, 2.75) is 11.1 Å². The Hall–Kier alpha value is -2.76. The number of benzene rings is 1. The second kappa shape index (κ2) is 14.5.